The van der Waals surface area contributed by atoms with Crippen molar-refractivity contribution < 1.29 is 9.90 Å². The first kappa shape index (κ1) is 15.2. The summed E-state index contributed by atoms with van der Waals surface area (Å²) in [5, 5.41) is 12.6. The molecule has 0 aromatic heterocycles. The van der Waals surface area contributed by atoms with Gasteiger partial charge < -0.3 is 10.4 Å². The average molecular weight is 296 g/mol. The predicted octanol–water partition coefficient (Wildman–Crippen LogP) is 3.24. The average Bonchev–Trinajstić information content (AvgIpc) is 2.38. The topological polar surface area (TPSA) is 49.3 Å². The van der Waals surface area contributed by atoms with E-state index in [0.29, 0.717) is 11.8 Å². The smallest absolute Gasteiger partial charge is 0.224 e. The molecule has 1 saturated carbocycles. The van der Waals surface area contributed by atoms with Crippen LogP contribution in [0.3, 0.4) is 0 Å². The monoisotopic (exact) mass is 295 g/mol. The van der Waals surface area contributed by atoms with Crippen LogP contribution in [0.1, 0.15) is 38.2 Å². The largest absolute Gasteiger partial charge is 0.508 e. The van der Waals surface area contributed by atoms with Crippen molar-refractivity contribution in [3.05, 3.63) is 29.8 Å². The zero-order valence-corrected chi connectivity index (χ0v) is 12.6. The van der Waals surface area contributed by atoms with Crippen LogP contribution in [0.2, 0.25) is 0 Å². The van der Waals surface area contributed by atoms with Crippen molar-refractivity contribution in [2.75, 3.05) is 5.88 Å². The van der Waals surface area contributed by atoms with E-state index in [4.69, 9.17) is 11.6 Å². The van der Waals surface area contributed by atoms with Gasteiger partial charge in [-0.05, 0) is 36.5 Å². The second-order valence-corrected chi connectivity index (χ2v) is 6.28. The summed E-state index contributed by atoms with van der Waals surface area (Å²) in [5.41, 5.74) is 0.559. The number of aromatic hydroxyl groups is 1. The molecule has 0 heterocycles. The van der Waals surface area contributed by atoms with E-state index in [1.54, 1.807) is 18.2 Å². The van der Waals surface area contributed by atoms with Crippen molar-refractivity contribution in [1.29, 1.82) is 0 Å². The number of amides is 1. The molecule has 3 nitrogen and oxygen atoms in total. The summed E-state index contributed by atoms with van der Waals surface area (Å²) in [6.07, 6.45) is 4.50. The van der Waals surface area contributed by atoms with Gasteiger partial charge in [-0.1, -0.05) is 31.9 Å². The minimum atomic E-state index is -0.257. The first-order chi connectivity index (χ1) is 9.53. The van der Waals surface area contributed by atoms with Crippen LogP contribution in [-0.2, 0) is 11.2 Å². The molecule has 4 heteroatoms. The van der Waals surface area contributed by atoms with Gasteiger partial charge in [0.25, 0.3) is 0 Å². The molecule has 1 aromatic carbocycles. The first-order valence-electron chi connectivity index (χ1n) is 7.18. The normalized spacial score (nSPS) is 26.2. The highest BCUT2D eigenvalue weighted by Crippen LogP contribution is 2.33. The Labute approximate surface area is 125 Å². The zero-order valence-electron chi connectivity index (χ0n) is 11.9. The van der Waals surface area contributed by atoms with Gasteiger partial charge in [0.05, 0.1) is 12.0 Å². The third-order valence-electron chi connectivity index (χ3n) is 4.03. The molecular formula is C16H22ClNO2. The van der Waals surface area contributed by atoms with Crippen molar-refractivity contribution in [3.63, 3.8) is 0 Å². The van der Waals surface area contributed by atoms with E-state index in [-0.39, 0.29) is 23.6 Å². The number of nitrogens with one attached hydrogen (secondary N) is 1. The number of halogens is 1. The minimum absolute atomic E-state index is 0.0228. The predicted molar refractivity (Wildman–Crippen MR) is 81.0 cm³/mol. The molecule has 2 rings (SSSR count). The van der Waals surface area contributed by atoms with Gasteiger partial charge in [0.1, 0.15) is 5.75 Å². The Bertz CT molecular complexity index is 477. The summed E-state index contributed by atoms with van der Waals surface area (Å²) in [6.45, 7) is 2.21. The van der Waals surface area contributed by atoms with Gasteiger partial charge in [0, 0.05) is 5.88 Å². The fraction of sp³-hybridized carbons (Fsp3) is 0.562. The van der Waals surface area contributed by atoms with Gasteiger partial charge in [-0.25, -0.2) is 0 Å². The highest BCUT2D eigenvalue weighted by atomic mass is 35.5. The van der Waals surface area contributed by atoms with Gasteiger partial charge in [-0.15, -0.1) is 11.6 Å². The lowest BCUT2D eigenvalue weighted by Crippen LogP contribution is -2.53. The van der Waals surface area contributed by atoms with E-state index in [0.717, 1.165) is 24.8 Å². The molecule has 0 aliphatic heterocycles. The van der Waals surface area contributed by atoms with Gasteiger partial charge >= 0.3 is 0 Å². The lowest BCUT2D eigenvalue weighted by molar-refractivity contribution is -0.122. The van der Waals surface area contributed by atoms with Gasteiger partial charge in [0.2, 0.25) is 5.91 Å². The molecule has 0 spiro atoms. The first-order valence-corrected chi connectivity index (χ1v) is 7.71. The van der Waals surface area contributed by atoms with Crippen LogP contribution in [0, 0.1) is 5.92 Å². The molecule has 2 N–H and O–H groups in total. The summed E-state index contributed by atoms with van der Waals surface area (Å²) in [7, 11) is 0. The molecule has 2 unspecified atom stereocenters. The van der Waals surface area contributed by atoms with Crippen LogP contribution < -0.4 is 5.32 Å². The van der Waals surface area contributed by atoms with Crippen molar-refractivity contribution in [1.82, 2.24) is 5.32 Å². The number of carbonyl (C=O) groups is 1. The molecule has 1 aromatic rings. The maximum absolute atomic E-state index is 12.2. The van der Waals surface area contributed by atoms with E-state index in [2.05, 4.69) is 12.2 Å². The maximum Gasteiger partial charge on any atom is 0.224 e. The third-order valence-corrected chi connectivity index (χ3v) is 4.54. The summed E-state index contributed by atoms with van der Waals surface area (Å²) in [6, 6.07) is 6.81. The molecule has 0 bridgehead atoms. The molecule has 2 atom stereocenters. The van der Waals surface area contributed by atoms with Gasteiger partial charge in [-0.2, -0.15) is 0 Å². The second-order valence-electron chi connectivity index (χ2n) is 6.01. The van der Waals surface area contributed by atoms with Crippen LogP contribution in [0.15, 0.2) is 24.3 Å². The number of carbonyl (C=O) groups excluding carboxylic acids is 1. The number of benzene rings is 1. The Morgan fingerprint density at radius 1 is 1.55 bits per heavy atom. The Morgan fingerprint density at radius 3 is 3.00 bits per heavy atom. The van der Waals surface area contributed by atoms with Gasteiger partial charge in [-0.3, -0.25) is 4.79 Å². The van der Waals surface area contributed by atoms with E-state index < -0.39 is 0 Å². The van der Waals surface area contributed by atoms with Crippen molar-refractivity contribution in [3.8, 4) is 5.75 Å². The van der Waals surface area contributed by atoms with E-state index >= 15 is 0 Å². The fourth-order valence-corrected chi connectivity index (χ4v) is 3.43. The standard InChI is InChI=1S/C16H22ClNO2/c1-12-4-3-7-16(10-12,11-17)18-15(20)9-13-5-2-6-14(19)8-13/h2,5-6,8,12,19H,3-4,7,9-11H2,1H3,(H,18,20). The Hall–Kier alpha value is -1.22. The van der Waals surface area contributed by atoms with Crippen molar-refractivity contribution in [2.24, 2.45) is 5.92 Å². The Kier molecular flexibility index (Phi) is 4.92. The molecule has 1 fully saturated rings. The molecule has 20 heavy (non-hydrogen) atoms. The fourth-order valence-electron chi connectivity index (χ4n) is 3.12. The lowest BCUT2D eigenvalue weighted by Gasteiger charge is -2.39. The van der Waals surface area contributed by atoms with Crippen LogP contribution in [0.25, 0.3) is 0 Å². The van der Waals surface area contributed by atoms with E-state index in [9.17, 15) is 9.90 Å². The lowest BCUT2D eigenvalue weighted by atomic mass is 9.77. The summed E-state index contributed by atoms with van der Waals surface area (Å²) in [4.78, 5) is 12.2. The number of hydrogen-bond donors (Lipinski definition) is 2. The third kappa shape index (κ3) is 3.89. The number of hydrogen-bond acceptors (Lipinski definition) is 2. The Morgan fingerprint density at radius 2 is 2.35 bits per heavy atom. The summed E-state index contributed by atoms with van der Waals surface area (Å²) >= 11 is 6.12. The molecule has 1 aliphatic rings. The molecular weight excluding hydrogens is 274 g/mol. The highest BCUT2D eigenvalue weighted by molar-refractivity contribution is 6.18. The highest BCUT2D eigenvalue weighted by Gasteiger charge is 2.35. The molecule has 0 saturated heterocycles. The summed E-state index contributed by atoms with van der Waals surface area (Å²) in [5.74, 6) is 1.23. The summed E-state index contributed by atoms with van der Waals surface area (Å²) < 4.78 is 0. The number of alkyl halides is 1. The van der Waals surface area contributed by atoms with Gasteiger partial charge in [0.15, 0.2) is 0 Å². The van der Waals surface area contributed by atoms with Crippen LogP contribution in [-0.4, -0.2) is 22.4 Å². The van der Waals surface area contributed by atoms with Crippen molar-refractivity contribution >= 4 is 17.5 Å². The second kappa shape index (κ2) is 6.49. The molecule has 1 aliphatic carbocycles. The van der Waals surface area contributed by atoms with Crippen LogP contribution >= 0.6 is 11.6 Å². The number of phenols is 1. The SMILES string of the molecule is CC1CCCC(CCl)(NC(=O)Cc2cccc(O)c2)C1. The zero-order chi connectivity index (χ0) is 14.6. The molecule has 1 amide bonds. The minimum Gasteiger partial charge on any atom is -0.508 e. The Balaban J connectivity index is 1.99. The number of rotatable bonds is 4. The molecule has 110 valence electrons. The van der Waals surface area contributed by atoms with Crippen molar-refractivity contribution in [2.45, 2.75) is 44.6 Å². The van der Waals surface area contributed by atoms with Crippen LogP contribution in [0.4, 0.5) is 0 Å². The maximum atomic E-state index is 12.2. The van der Waals surface area contributed by atoms with E-state index in [1.165, 1.54) is 6.42 Å². The van der Waals surface area contributed by atoms with Crippen LogP contribution in [0.5, 0.6) is 5.75 Å². The quantitative estimate of drug-likeness (QED) is 0.838. The van der Waals surface area contributed by atoms with E-state index in [1.807, 2.05) is 6.07 Å². The molecule has 0 radical (unpaired) electrons. The number of phenolic OH excluding ortho intramolecular Hbond substituents is 1.